The lowest BCUT2D eigenvalue weighted by Crippen LogP contribution is -2.34. The van der Waals surface area contributed by atoms with Crippen molar-refractivity contribution in [3.63, 3.8) is 0 Å². The van der Waals surface area contributed by atoms with E-state index in [1.54, 1.807) is 0 Å². The Balaban J connectivity index is 2.99. The van der Waals surface area contributed by atoms with Crippen LogP contribution in [0.25, 0.3) is 0 Å². The van der Waals surface area contributed by atoms with Gasteiger partial charge in [0.25, 0.3) is 0 Å². The van der Waals surface area contributed by atoms with Crippen LogP contribution in [0.3, 0.4) is 0 Å². The van der Waals surface area contributed by atoms with Crippen LogP contribution in [0.1, 0.15) is 53.9 Å². The number of hydrazine groups is 1. The highest BCUT2D eigenvalue weighted by atomic mass is 16.5. The van der Waals surface area contributed by atoms with Crippen LogP contribution in [0, 0.1) is 0 Å². The number of hydrogen-bond acceptors (Lipinski definition) is 7. The van der Waals surface area contributed by atoms with Gasteiger partial charge in [-0.15, -0.1) is 0 Å². The fraction of sp³-hybridized carbons (Fsp3) is 0.786. The molecule has 1 aromatic heterocycles. The van der Waals surface area contributed by atoms with Gasteiger partial charge in [-0.05, 0) is 34.1 Å². The summed E-state index contributed by atoms with van der Waals surface area (Å²) in [5.41, 5.74) is 2.47. The number of nitrogen functional groups attached to an aromatic ring is 1. The van der Waals surface area contributed by atoms with E-state index in [1.165, 1.54) is 12.8 Å². The van der Waals surface area contributed by atoms with E-state index in [0.29, 0.717) is 23.9 Å². The number of nitrogens with one attached hydrogen (secondary N) is 1. The summed E-state index contributed by atoms with van der Waals surface area (Å²) in [6, 6.07) is 0.589. The second-order valence-electron chi connectivity index (χ2n) is 5.55. The Hall–Kier alpha value is -1.63. The first-order chi connectivity index (χ1) is 9.97. The molecule has 1 heterocycles. The molecule has 0 amide bonds. The van der Waals surface area contributed by atoms with Crippen LogP contribution in [-0.4, -0.2) is 33.6 Å². The van der Waals surface area contributed by atoms with Gasteiger partial charge in [-0.2, -0.15) is 15.0 Å². The van der Waals surface area contributed by atoms with Gasteiger partial charge < -0.3 is 9.64 Å². The first-order valence-electron chi connectivity index (χ1n) is 7.63. The van der Waals surface area contributed by atoms with Crippen LogP contribution >= 0.6 is 0 Å². The smallest absolute Gasteiger partial charge is 0.323 e. The Morgan fingerprint density at radius 1 is 1.14 bits per heavy atom. The summed E-state index contributed by atoms with van der Waals surface area (Å²) in [5.74, 6) is 6.35. The Morgan fingerprint density at radius 3 is 2.38 bits per heavy atom. The van der Waals surface area contributed by atoms with E-state index >= 15 is 0 Å². The van der Waals surface area contributed by atoms with Crippen molar-refractivity contribution in [2.24, 2.45) is 5.84 Å². The highest BCUT2D eigenvalue weighted by molar-refractivity contribution is 5.38. The number of nitrogens with two attached hydrogens (primary N) is 1. The lowest BCUT2D eigenvalue weighted by molar-refractivity contribution is 0.222. The standard InChI is InChI=1S/C14H28N6O/c1-6-7-8-9-20(10(2)3)13-16-12(19-15)17-14(18-13)21-11(4)5/h10-11H,6-9,15H2,1-5H3,(H,16,17,18,19). The molecule has 7 heteroatoms. The Morgan fingerprint density at radius 2 is 1.86 bits per heavy atom. The quantitative estimate of drug-likeness (QED) is 0.411. The molecule has 0 aromatic carbocycles. The minimum Gasteiger partial charge on any atom is -0.461 e. The summed E-state index contributed by atoms with van der Waals surface area (Å²) >= 11 is 0. The molecule has 3 N–H and O–H groups in total. The van der Waals surface area contributed by atoms with E-state index in [4.69, 9.17) is 10.6 Å². The number of anilines is 2. The van der Waals surface area contributed by atoms with Gasteiger partial charge in [0.15, 0.2) is 0 Å². The fourth-order valence-electron chi connectivity index (χ4n) is 1.92. The molecule has 1 aromatic rings. The maximum Gasteiger partial charge on any atom is 0.323 e. The summed E-state index contributed by atoms with van der Waals surface area (Å²) in [6.07, 6.45) is 3.47. The van der Waals surface area contributed by atoms with E-state index in [0.717, 1.165) is 13.0 Å². The Kier molecular flexibility index (Phi) is 7.14. The molecule has 0 fully saturated rings. The second kappa shape index (κ2) is 8.61. The molecule has 0 aliphatic carbocycles. The molecule has 21 heavy (non-hydrogen) atoms. The summed E-state index contributed by atoms with van der Waals surface area (Å²) in [7, 11) is 0. The number of nitrogens with zero attached hydrogens (tertiary/aromatic N) is 4. The average Bonchev–Trinajstić information content (AvgIpc) is 2.42. The summed E-state index contributed by atoms with van der Waals surface area (Å²) in [5, 5.41) is 0. The first kappa shape index (κ1) is 17.4. The van der Waals surface area contributed by atoms with Gasteiger partial charge in [0, 0.05) is 12.6 Å². The summed E-state index contributed by atoms with van der Waals surface area (Å²) < 4.78 is 5.57. The molecular weight excluding hydrogens is 268 g/mol. The number of unbranched alkanes of at least 4 members (excludes halogenated alkanes) is 2. The second-order valence-corrected chi connectivity index (χ2v) is 5.55. The minimum absolute atomic E-state index is 0.00142. The molecule has 0 saturated carbocycles. The van der Waals surface area contributed by atoms with Gasteiger partial charge in [0.05, 0.1) is 6.10 Å². The number of rotatable bonds is 9. The molecule has 0 spiro atoms. The number of ether oxygens (including phenoxy) is 1. The highest BCUT2D eigenvalue weighted by Gasteiger charge is 2.17. The van der Waals surface area contributed by atoms with E-state index in [-0.39, 0.29) is 6.10 Å². The van der Waals surface area contributed by atoms with Crippen molar-refractivity contribution in [1.29, 1.82) is 0 Å². The average molecular weight is 296 g/mol. The summed E-state index contributed by atoms with van der Waals surface area (Å²) in [4.78, 5) is 15.0. The maximum absolute atomic E-state index is 5.57. The van der Waals surface area contributed by atoms with Crippen molar-refractivity contribution in [1.82, 2.24) is 15.0 Å². The molecule has 0 aliphatic heterocycles. The van der Waals surface area contributed by atoms with Gasteiger partial charge in [-0.1, -0.05) is 19.8 Å². The van der Waals surface area contributed by atoms with Gasteiger partial charge >= 0.3 is 6.01 Å². The highest BCUT2D eigenvalue weighted by Crippen LogP contribution is 2.18. The Labute approximate surface area is 127 Å². The summed E-state index contributed by atoms with van der Waals surface area (Å²) in [6.45, 7) is 11.2. The lowest BCUT2D eigenvalue weighted by Gasteiger charge is -2.27. The molecule has 0 saturated heterocycles. The largest absolute Gasteiger partial charge is 0.461 e. The molecule has 7 nitrogen and oxygen atoms in total. The van der Waals surface area contributed by atoms with Crippen molar-refractivity contribution in [3.8, 4) is 6.01 Å². The number of aromatic nitrogens is 3. The number of hydrogen-bond donors (Lipinski definition) is 2. The zero-order chi connectivity index (χ0) is 15.8. The molecule has 120 valence electrons. The van der Waals surface area contributed by atoms with E-state index in [1.807, 2.05) is 13.8 Å². The zero-order valence-electron chi connectivity index (χ0n) is 13.8. The topological polar surface area (TPSA) is 89.2 Å². The van der Waals surface area contributed by atoms with E-state index < -0.39 is 0 Å². The molecule has 0 bridgehead atoms. The fourth-order valence-corrected chi connectivity index (χ4v) is 1.92. The van der Waals surface area contributed by atoms with Crippen LogP contribution < -0.4 is 20.9 Å². The minimum atomic E-state index is -0.00142. The van der Waals surface area contributed by atoms with E-state index in [9.17, 15) is 0 Å². The SMILES string of the molecule is CCCCCN(c1nc(NN)nc(OC(C)C)n1)C(C)C. The lowest BCUT2D eigenvalue weighted by atomic mass is 10.2. The van der Waals surface area contributed by atoms with Crippen LogP contribution in [0.4, 0.5) is 11.9 Å². The Bertz CT molecular complexity index is 424. The predicted octanol–water partition coefficient (Wildman–Crippen LogP) is 2.35. The van der Waals surface area contributed by atoms with Crippen molar-refractivity contribution in [2.75, 3.05) is 16.9 Å². The molecule has 1 rings (SSSR count). The zero-order valence-corrected chi connectivity index (χ0v) is 13.8. The molecule has 0 unspecified atom stereocenters. The van der Waals surface area contributed by atoms with Crippen molar-refractivity contribution < 1.29 is 4.74 Å². The normalized spacial score (nSPS) is 11.0. The van der Waals surface area contributed by atoms with E-state index in [2.05, 4.69) is 46.0 Å². The van der Waals surface area contributed by atoms with Crippen LogP contribution in [0.15, 0.2) is 0 Å². The maximum atomic E-state index is 5.57. The van der Waals surface area contributed by atoms with Gasteiger partial charge in [0.1, 0.15) is 0 Å². The van der Waals surface area contributed by atoms with Gasteiger partial charge in [-0.25, -0.2) is 5.84 Å². The van der Waals surface area contributed by atoms with Gasteiger partial charge in [-0.3, -0.25) is 5.43 Å². The molecular formula is C14H28N6O. The monoisotopic (exact) mass is 296 g/mol. The van der Waals surface area contributed by atoms with Crippen LogP contribution in [0.5, 0.6) is 6.01 Å². The van der Waals surface area contributed by atoms with Gasteiger partial charge in [0.2, 0.25) is 11.9 Å². The third-order valence-corrected chi connectivity index (χ3v) is 2.96. The third-order valence-electron chi connectivity index (χ3n) is 2.96. The van der Waals surface area contributed by atoms with Crippen LogP contribution in [-0.2, 0) is 0 Å². The van der Waals surface area contributed by atoms with Crippen LogP contribution in [0.2, 0.25) is 0 Å². The van der Waals surface area contributed by atoms with Crippen molar-refractivity contribution >= 4 is 11.9 Å². The molecule has 0 atom stereocenters. The first-order valence-corrected chi connectivity index (χ1v) is 7.63. The predicted molar refractivity (Wildman–Crippen MR) is 85.4 cm³/mol. The van der Waals surface area contributed by atoms with Crippen molar-refractivity contribution in [2.45, 2.75) is 66.0 Å². The molecule has 0 radical (unpaired) electrons. The molecule has 0 aliphatic rings. The van der Waals surface area contributed by atoms with Crippen molar-refractivity contribution in [3.05, 3.63) is 0 Å². The third kappa shape index (κ3) is 5.71.